The van der Waals surface area contributed by atoms with Crippen LogP contribution in [0.4, 0.5) is 10.1 Å². The number of hydrogen-bond acceptors (Lipinski definition) is 4. The maximum Gasteiger partial charge on any atom is 0.176 e. The first-order chi connectivity index (χ1) is 8.66. The fraction of sp³-hybridized carbons (Fsp3) is 0.154. The van der Waals surface area contributed by atoms with E-state index in [9.17, 15) is 9.18 Å². The molecule has 0 unspecified atom stereocenters. The van der Waals surface area contributed by atoms with Crippen molar-refractivity contribution in [2.45, 2.75) is 6.54 Å². The summed E-state index contributed by atoms with van der Waals surface area (Å²) in [6.07, 6.45) is 1.57. The van der Waals surface area contributed by atoms with Crippen molar-refractivity contribution >= 4 is 11.5 Å². The van der Waals surface area contributed by atoms with Crippen molar-refractivity contribution in [1.29, 1.82) is 0 Å². The molecule has 0 amide bonds. The highest BCUT2D eigenvalue weighted by Gasteiger charge is 2.08. The molecule has 0 spiro atoms. The molecule has 1 heterocycles. The van der Waals surface area contributed by atoms with Gasteiger partial charge in [0, 0.05) is 5.56 Å². The average molecular weight is 248 g/mol. The first-order valence-electron chi connectivity index (χ1n) is 5.48. The van der Waals surface area contributed by atoms with Crippen LogP contribution in [0.15, 0.2) is 41.0 Å². The van der Waals surface area contributed by atoms with Gasteiger partial charge in [0.05, 0.1) is 25.0 Å². The second-order valence-electron chi connectivity index (χ2n) is 3.84. The highest BCUT2D eigenvalue weighted by atomic mass is 19.1. The number of hydrogen-bond donors (Lipinski definition) is 2. The lowest BCUT2D eigenvalue weighted by atomic mass is 10.1. The lowest BCUT2D eigenvalue weighted by Gasteiger charge is -2.04. The molecular weight excluding hydrogens is 235 g/mol. The van der Waals surface area contributed by atoms with Gasteiger partial charge in [-0.1, -0.05) is 0 Å². The zero-order valence-electron chi connectivity index (χ0n) is 9.65. The Labute approximate surface area is 104 Å². The maximum atomic E-state index is 12.9. The SMILES string of the molecule is Nc1cc(C(=O)CNCc2ccco2)ccc1F. The largest absolute Gasteiger partial charge is 0.468 e. The lowest BCUT2D eigenvalue weighted by Crippen LogP contribution is -2.22. The molecule has 0 fully saturated rings. The Bertz CT molecular complexity index is 538. The molecule has 0 atom stereocenters. The molecule has 0 bridgehead atoms. The Balaban J connectivity index is 1.89. The summed E-state index contributed by atoms with van der Waals surface area (Å²) in [4.78, 5) is 11.8. The van der Waals surface area contributed by atoms with E-state index in [2.05, 4.69) is 5.32 Å². The Morgan fingerprint density at radius 3 is 2.89 bits per heavy atom. The van der Waals surface area contributed by atoms with Crippen LogP contribution in [-0.4, -0.2) is 12.3 Å². The number of nitrogen functional groups attached to an aromatic ring is 1. The molecule has 4 nitrogen and oxygen atoms in total. The summed E-state index contributed by atoms with van der Waals surface area (Å²) in [6, 6.07) is 7.54. The van der Waals surface area contributed by atoms with Gasteiger partial charge in [-0.3, -0.25) is 4.79 Å². The van der Waals surface area contributed by atoms with E-state index >= 15 is 0 Å². The topological polar surface area (TPSA) is 68.3 Å². The van der Waals surface area contributed by atoms with E-state index in [1.165, 1.54) is 18.2 Å². The second-order valence-corrected chi connectivity index (χ2v) is 3.84. The van der Waals surface area contributed by atoms with Gasteiger partial charge in [-0.2, -0.15) is 0 Å². The third-order valence-electron chi connectivity index (χ3n) is 2.48. The van der Waals surface area contributed by atoms with Gasteiger partial charge >= 0.3 is 0 Å². The van der Waals surface area contributed by atoms with E-state index < -0.39 is 5.82 Å². The van der Waals surface area contributed by atoms with Crippen LogP contribution >= 0.6 is 0 Å². The Morgan fingerprint density at radius 1 is 1.39 bits per heavy atom. The molecule has 0 radical (unpaired) electrons. The van der Waals surface area contributed by atoms with Crippen molar-refractivity contribution in [3.8, 4) is 0 Å². The van der Waals surface area contributed by atoms with Gasteiger partial charge in [-0.05, 0) is 30.3 Å². The Kier molecular flexibility index (Phi) is 3.74. The molecule has 0 aliphatic carbocycles. The molecule has 18 heavy (non-hydrogen) atoms. The number of benzene rings is 1. The highest BCUT2D eigenvalue weighted by molar-refractivity contribution is 5.98. The fourth-order valence-corrected chi connectivity index (χ4v) is 1.53. The Hall–Kier alpha value is -2.14. The van der Waals surface area contributed by atoms with Crippen LogP contribution in [0.1, 0.15) is 16.1 Å². The number of anilines is 1. The number of nitrogens with one attached hydrogen (secondary N) is 1. The first kappa shape index (κ1) is 12.3. The summed E-state index contributed by atoms with van der Waals surface area (Å²) < 4.78 is 18.0. The number of halogens is 1. The van der Waals surface area contributed by atoms with Crippen LogP contribution in [0.25, 0.3) is 0 Å². The molecule has 0 saturated heterocycles. The van der Waals surface area contributed by atoms with Gasteiger partial charge in [0.1, 0.15) is 11.6 Å². The molecule has 0 saturated carbocycles. The van der Waals surface area contributed by atoms with Gasteiger partial charge < -0.3 is 15.5 Å². The van der Waals surface area contributed by atoms with E-state index in [4.69, 9.17) is 10.2 Å². The van der Waals surface area contributed by atoms with E-state index in [0.29, 0.717) is 12.1 Å². The summed E-state index contributed by atoms with van der Waals surface area (Å²) in [7, 11) is 0. The van der Waals surface area contributed by atoms with Gasteiger partial charge in [0.2, 0.25) is 0 Å². The summed E-state index contributed by atoms with van der Waals surface area (Å²) >= 11 is 0. The number of rotatable bonds is 5. The zero-order chi connectivity index (χ0) is 13.0. The number of carbonyl (C=O) groups is 1. The standard InChI is InChI=1S/C13H13FN2O2/c14-11-4-3-9(6-12(11)15)13(17)8-16-7-10-2-1-5-18-10/h1-6,16H,7-8,15H2. The molecule has 94 valence electrons. The van der Waals surface area contributed by atoms with E-state index in [1.807, 2.05) is 6.07 Å². The smallest absolute Gasteiger partial charge is 0.176 e. The van der Waals surface area contributed by atoms with Crippen molar-refractivity contribution in [3.63, 3.8) is 0 Å². The summed E-state index contributed by atoms with van der Waals surface area (Å²) in [5.74, 6) is 0.0878. The number of furan rings is 1. The van der Waals surface area contributed by atoms with Crippen LogP contribution in [0, 0.1) is 5.82 Å². The zero-order valence-corrected chi connectivity index (χ0v) is 9.65. The third kappa shape index (κ3) is 2.95. The average Bonchev–Trinajstić information content (AvgIpc) is 2.85. The number of nitrogens with two attached hydrogens (primary N) is 1. The first-order valence-corrected chi connectivity index (χ1v) is 5.48. The van der Waals surface area contributed by atoms with Crippen molar-refractivity contribution < 1.29 is 13.6 Å². The quantitative estimate of drug-likeness (QED) is 0.627. The van der Waals surface area contributed by atoms with Crippen LogP contribution in [-0.2, 0) is 6.54 Å². The predicted octanol–water partition coefficient (Wildman–Crippen LogP) is 1.97. The molecule has 1 aromatic heterocycles. The van der Waals surface area contributed by atoms with Gasteiger partial charge in [0.15, 0.2) is 5.78 Å². The molecule has 2 rings (SSSR count). The number of ketones is 1. The second kappa shape index (κ2) is 5.46. The summed E-state index contributed by atoms with van der Waals surface area (Å²) in [6.45, 7) is 0.612. The number of Topliss-reactive ketones (excluding diaryl/α,β-unsaturated/α-hetero) is 1. The molecule has 0 aliphatic rings. The van der Waals surface area contributed by atoms with Gasteiger partial charge in [0.25, 0.3) is 0 Å². The predicted molar refractivity (Wildman–Crippen MR) is 65.6 cm³/mol. The fourth-order valence-electron chi connectivity index (χ4n) is 1.53. The monoisotopic (exact) mass is 248 g/mol. The summed E-state index contributed by atoms with van der Waals surface area (Å²) in [5.41, 5.74) is 5.77. The van der Waals surface area contributed by atoms with Gasteiger partial charge in [-0.15, -0.1) is 0 Å². The molecule has 3 N–H and O–H groups in total. The summed E-state index contributed by atoms with van der Waals surface area (Å²) in [5, 5.41) is 2.94. The molecule has 2 aromatic rings. The Morgan fingerprint density at radius 2 is 2.22 bits per heavy atom. The van der Waals surface area contributed by atoms with Crippen LogP contribution in [0.5, 0.6) is 0 Å². The van der Waals surface area contributed by atoms with Crippen molar-refractivity contribution in [1.82, 2.24) is 5.32 Å². The van der Waals surface area contributed by atoms with Crippen molar-refractivity contribution in [2.75, 3.05) is 12.3 Å². The van der Waals surface area contributed by atoms with Crippen LogP contribution in [0.2, 0.25) is 0 Å². The lowest BCUT2D eigenvalue weighted by molar-refractivity contribution is 0.0990. The highest BCUT2D eigenvalue weighted by Crippen LogP contribution is 2.12. The van der Waals surface area contributed by atoms with Crippen LogP contribution in [0.3, 0.4) is 0 Å². The van der Waals surface area contributed by atoms with Gasteiger partial charge in [-0.25, -0.2) is 4.39 Å². The normalized spacial score (nSPS) is 10.5. The van der Waals surface area contributed by atoms with Crippen LogP contribution < -0.4 is 11.1 Å². The molecule has 1 aromatic carbocycles. The third-order valence-corrected chi connectivity index (χ3v) is 2.48. The molecule has 5 heteroatoms. The maximum absolute atomic E-state index is 12.9. The number of carbonyl (C=O) groups excluding carboxylic acids is 1. The molecule has 0 aliphatic heterocycles. The van der Waals surface area contributed by atoms with E-state index in [1.54, 1.807) is 12.3 Å². The minimum atomic E-state index is -0.518. The minimum Gasteiger partial charge on any atom is -0.468 e. The van der Waals surface area contributed by atoms with E-state index in [-0.39, 0.29) is 18.0 Å². The molecular formula is C13H13FN2O2. The van der Waals surface area contributed by atoms with E-state index in [0.717, 1.165) is 5.76 Å². The minimum absolute atomic E-state index is 0.0214. The van der Waals surface area contributed by atoms with Crippen molar-refractivity contribution in [3.05, 3.63) is 53.7 Å². The van der Waals surface area contributed by atoms with Crippen molar-refractivity contribution in [2.24, 2.45) is 0 Å².